The Hall–Kier alpha value is -1.35. The van der Waals surface area contributed by atoms with E-state index in [0.717, 1.165) is 17.1 Å². The maximum Gasteiger partial charge on any atom is 0.146 e. The van der Waals surface area contributed by atoms with E-state index in [-0.39, 0.29) is 0 Å². The predicted molar refractivity (Wildman–Crippen MR) is 61.0 cm³/mol. The maximum absolute atomic E-state index is 4.25. The van der Waals surface area contributed by atoms with Crippen LogP contribution in [-0.4, -0.2) is 4.37 Å². The molecule has 14 heavy (non-hydrogen) atoms. The number of hydrogen-bond acceptors (Lipinski definition) is 3. The normalized spacial score (nSPS) is 10.1. The monoisotopic (exact) mass is 203 g/mol. The van der Waals surface area contributed by atoms with Crippen LogP contribution in [0.2, 0.25) is 0 Å². The summed E-state index contributed by atoms with van der Waals surface area (Å²) in [5.41, 5.74) is 3.17. The summed E-state index contributed by atoms with van der Waals surface area (Å²) in [6.07, 6.45) is 0. The molecule has 71 valence electrons. The van der Waals surface area contributed by atoms with Gasteiger partial charge in [0.05, 0.1) is 0 Å². The topological polar surface area (TPSA) is 24.9 Å². The smallest absolute Gasteiger partial charge is 0.146 e. The van der Waals surface area contributed by atoms with Gasteiger partial charge in [0.2, 0.25) is 0 Å². The Morgan fingerprint density at radius 2 is 2.14 bits per heavy atom. The number of aryl methyl sites for hydroxylation is 1. The lowest BCUT2D eigenvalue weighted by molar-refractivity contribution is 1.39. The third kappa shape index (κ3) is 1.77. The first-order chi connectivity index (χ1) is 6.77. The molecular formula is C11H11N2S. The molecule has 0 aliphatic carbocycles. The molecule has 0 saturated carbocycles. The molecule has 0 amide bonds. The van der Waals surface area contributed by atoms with E-state index in [2.05, 4.69) is 16.6 Å². The minimum atomic E-state index is 0.922. The molecule has 1 N–H and O–H groups in total. The molecule has 0 fully saturated rings. The van der Waals surface area contributed by atoms with Crippen LogP contribution in [0.25, 0.3) is 0 Å². The van der Waals surface area contributed by atoms with E-state index in [1.807, 2.05) is 36.6 Å². The molecule has 2 rings (SSSR count). The summed E-state index contributed by atoms with van der Waals surface area (Å²) in [5.74, 6) is 0.922. The second kappa shape index (κ2) is 3.80. The Bertz CT molecular complexity index is 434. The van der Waals surface area contributed by atoms with Gasteiger partial charge in [-0.05, 0) is 37.0 Å². The lowest BCUT2D eigenvalue weighted by Crippen LogP contribution is -1.93. The second-order valence-corrected chi connectivity index (χ2v) is 3.76. The molecule has 0 saturated heterocycles. The molecule has 2 aromatic rings. The standard InChI is InChI=1S/C11H11N2S/c1-8-5-3-4-6-10(8)12-11-9(2)7-14-13-11/h3-7H,1H2,2H3,(H,12,13). The van der Waals surface area contributed by atoms with Gasteiger partial charge in [0, 0.05) is 16.6 Å². The molecule has 0 spiro atoms. The van der Waals surface area contributed by atoms with Crippen LogP contribution in [0.4, 0.5) is 11.5 Å². The average molecular weight is 203 g/mol. The van der Waals surface area contributed by atoms with E-state index in [9.17, 15) is 0 Å². The fourth-order valence-electron chi connectivity index (χ4n) is 1.18. The molecule has 0 atom stereocenters. The Labute approximate surface area is 87.8 Å². The lowest BCUT2D eigenvalue weighted by atomic mass is 10.2. The van der Waals surface area contributed by atoms with Crippen molar-refractivity contribution in [3.8, 4) is 0 Å². The highest BCUT2D eigenvalue weighted by atomic mass is 32.1. The molecule has 2 nitrogen and oxygen atoms in total. The van der Waals surface area contributed by atoms with Crippen molar-refractivity contribution in [2.45, 2.75) is 6.92 Å². The summed E-state index contributed by atoms with van der Waals surface area (Å²) >= 11 is 1.46. The van der Waals surface area contributed by atoms with Gasteiger partial charge in [0.25, 0.3) is 0 Å². The number of hydrogen-bond donors (Lipinski definition) is 1. The van der Waals surface area contributed by atoms with Crippen molar-refractivity contribution in [1.29, 1.82) is 0 Å². The van der Waals surface area contributed by atoms with Crippen molar-refractivity contribution in [3.63, 3.8) is 0 Å². The quantitative estimate of drug-likeness (QED) is 0.809. The van der Waals surface area contributed by atoms with Gasteiger partial charge in [-0.15, -0.1) is 0 Å². The summed E-state index contributed by atoms with van der Waals surface area (Å²) in [5, 5.41) is 5.28. The van der Waals surface area contributed by atoms with Gasteiger partial charge < -0.3 is 5.32 Å². The fourth-order valence-corrected chi connectivity index (χ4v) is 1.79. The van der Waals surface area contributed by atoms with E-state index in [0.29, 0.717) is 0 Å². The van der Waals surface area contributed by atoms with Gasteiger partial charge in [0.15, 0.2) is 0 Å². The van der Waals surface area contributed by atoms with Crippen molar-refractivity contribution < 1.29 is 0 Å². The van der Waals surface area contributed by atoms with Crippen LogP contribution >= 0.6 is 11.5 Å². The first-order valence-electron chi connectivity index (χ1n) is 4.36. The minimum absolute atomic E-state index is 0.922. The van der Waals surface area contributed by atoms with Crippen LogP contribution in [0, 0.1) is 13.8 Å². The average Bonchev–Trinajstić information content (AvgIpc) is 2.56. The van der Waals surface area contributed by atoms with Gasteiger partial charge in [0.1, 0.15) is 5.82 Å². The number of benzene rings is 1. The fraction of sp³-hybridized carbons (Fsp3) is 0.0909. The molecule has 0 unspecified atom stereocenters. The first-order valence-corrected chi connectivity index (χ1v) is 5.20. The van der Waals surface area contributed by atoms with Crippen LogP contribution in [-0.2, 0) is 0 Å². The summed E-state index contributed by atoms with van der Waals surface area (Å²) in [6.45, 7) is 5.98. The zero-order chi connectivity index (χ0) is 9.97. The minimum Gasteiger partial charge on any atom is -0.339 e. The van der Waals surface area contributed by atoms with Crippen molar-refractivity contribution in [2.24, 2.45) is 0 Å². The van der Waals surface area contributed by atoms with Gasteiger partial charge in [-0.25, -0.2) is 0 Å². The number of para-hydroxylation sites is 1. The predicted octanol–water partition coefficient (Wildman–Crippen LogP) is 3.38. The van der Waals surface area contributed by atoms with Gasteiger partial charge in [-0.2, -0.15) is 4.37 Å². The van der Waals surface area contributed by atoms with Crippen LogP contribution in [0.5, 0.6) is 0 Å². The lowest BCUT2D eigenvalue weighted by Gasteiger charge is -2.06. The summed E-state index contributed by atoms with van der Waals surface area (Å²) < 4.78 is 4.25. The number of rotatable bonds is 2. The molecule has 0 aliphatic rings. The molecule has 1 aromatic carbocycles. The number of nitrogens with one attached hydrogen (secondary N) is 1. The summed E-state index contributed by atoms with van der Waals surface area (Å²) in [6, 6.07) is 7.94. The van der Waals surface area contributed by atoms with Gasteiger partial charge in [-0.1, -0.05) is 18.2 Å². The van der Waals surface area contributed by atoms with Crippen molar-refractivity contribution in [3.05, 3.63) is 47.7 Å². The summed E-state index contributed by atoms with van der Waals surface area (Å²) in [4.78, 5) is 0. The zero-order valence-corrected chi connectivity index (χ0v) is 8.77. The van der Waals surface area contributed by atoms with E-state index >= 15 is 0 Å². The maximum atomic E-state index is 4.25. The Kier molecular flexibility index (Phi) is 2.50. The van der Waals surface area contributed by atoms with Crippen molar-refractivity contribution >= 4 is 23.0 Å². The molecule has 3 heteroatoms. The number of anilines is 2. The van der Waals surface area contributed by atoms with Gasteiger partial charge >= 0.3 is 0 Å². The highest BCUT2D eigenvalue weighted by Crippen LogP contribution is 2.22. The third-order valence-electron chi connectivity index (χ3n) is 2.02. The molecule has 0 bridgehead atoms. The van der Waals surface area contributed by atoms with E-state index < -0.39 is 0 Å². The van der Waals surface area contributed by atoms with E-state index in [1.54, 1.807) is 0 Å². The SMILES string of the molecule is [CH2]c1ccccc1Nc1nscc1C. The largest absolute Gasteiger partial charge is 0.339 e. The molecular weight excluding hydrogens is 192 g/mol. The molecule has 0 aliphatic heterocycles. The second-order valence-electron chi connectivity index (χ2n) is 3.13. The van der Waals surface area contributed by atoms with Gasteiger partial charge in [-0.3, -0.25) is 0 Å². The Balaban J connectivity index is 2.28. The van der Waals surface area contributed by atoms with Crippen LogP contribution in [0.1, 0.15) is 11.1 Å². The van der Waals surface area contributed by atoms with Crippen molar-refractivity contribution in [1.82, 2.24) is 4.37 Å². The molecule has 1 heterocycles. The molecule has 1 aromatic heterocycles. The van der Waals surface area contributed by atoms with E-state index in [1.165, 1.54) is 17.1 Å². The van der Waals surface area contributed by atoms with Crippen LogP contribution < -0.4 is 5.32 Å². The Morgan fingerprint density at radius 3 is 2.79 bits per heavy atom. The zero-order valence-electron chi connectivity index (χ0n) is 7.95. The van der Waals surface area contributed by atoms with Crippen LogP contribution in [0.3, 0.4) is 0 Å². The number of nitrogens with zero attached hydrogens (tertiary/aromatic N) is 1. The molecule has 1 radical (unpaired) electrons. The van der Waals surface area contributed by atoms with Crippen LogP contribution in [0.15, 0.2) is 29.6 Å². The first kappa shape index (κ1) is 9.21. The van der Waals surface area contributed by atoms with E-state index in [4.69, 9.17) is 0 Å². The summed E-state index contributed by atoms with van der Waals surface area (Å²) in [7, 11) is 0. The Morgan fingerprint density at radius 1 is 1.36 bits per heavy atom. The van der Waals surface area contributed by atoms with Crippen molar-refractivity contribution in [2.75, 3.05) is 5.32 Å². The highest BCUT2D eigenvalue weighted by molar-refractivity contribution is 7.04. The highest BCUT2D eigenvalue weighted by Gasteiger charge is 2.02. The third-order valence-corrected chi connectivity index (χ3v) is 2.76. The number of aromatic nitrogens is 1.